The Kier molecular flexibility index (Phi) is 5.30. The number of carbonyl (C=O) groups is 2. The van der Waals surface area contributed by atoms with Gasteiger partial charge in [0.1, 0.15) is 5.82 Å². The summed E-state index contributed by atoms with van der Waals surface area (Å²) < 4.78 is 18.3. The van der Waals surface area contributed by atoms with Gasteiger partial charge in [0.05, 0.1) is 18.6 Å². The molecule has 4 nitrogen and oxygen atoms in total. The maximum absolute atomic E-state index is 13.6. The lowest BCUT2D eigenvalue weighted by Crippen LogP contribution is -2.27. The molecule has 0 fully saturated rings. The van der Waals surface area contributed by atoms with E-state index in [-0.39, 0.29) is 24.5 Å². The van der Waals surface area contributed by atoms with E-state index in [0.29, 0.717) is 12.2 Å². The molecule has 0 bridgehead atoms. The third kappa shape index (κ3) is 3.84. The lowest BCUT2D eigenvalue weighted by atomic mass is 10.1. The maximum Gasteiger partial charge on any atom is 0.307 e. The van der Waals surface area contributed by atoms with E-state index in [0.717, 1.165) is 0 Å². The molecule has 1 rings (SSSR count). The molecule has 98 valence electrons. The Hall–Kier alpha value is -1.91. The Morgan fingerprint density at radius 1 is 1.39 bits per heavy atom. The van der Waals surface area contributed by atoms with Gasteiger partial charge in [0, 0.05) is 6.54 Å². The molecule has 1 N–H and O–H groups in total. The Morgan fingerprint density at radius 2 is 2.11 bits per heavy atom. The first-order chi connectivity index (χ1) is 8.56. The van der Waals surface area contributed by atoms with Crippen LogP contribution in [0.25, 0.3) is 0 Å². The van der Waals surface area contributed by atoms with Crippen LogP contribution < -0.4 is 5.32 Å². The minimum atomic E-state index is -0.536. The number of hydrogen-bond donors (Lipinski definition) is 1. The first-order valence-electron chi connectivity index (χ1n) is 5.75. The summed E-state index contributed by atoms with van der Waals surface area (Å²) in [6, 6.07) is 4.60. The molecule has 18 heavy (non-hydrogen) atoms. The van der Waals surface area contributed by atoms with Crippen molar-refractivity contribution in [2.24, 2.45) is 0 Å². The van der Waals surface area contributed by atoms with Gasteiger partial charge in [-0.1, -0.05) is 12.1 Å². The monoisotopic (exact) mass is 253 g/mol. The predicted molar refractivity (Wildman–Crippen MR) is 64.7 cm³/mol. The molecule has 1 aromatic rings. The molecule has 0 saturated carbocycles. The first kappa shape index (κ1) is 14.2. The average molecular weight is 253 g/mol. The number of aryl methyl sites for hydroxylation is 1. The molecule has 0 aliphatic heterocycles. The fourth-order valence-electron chi connectivity index (χ4n) is 1.43. The number of ether oxygens (including phenoxy) is 1. The normalized spacial score (nSPS) is 9.94. The Balaban J connectivity index is 2.51. The zero-order valence-electron chi connectivity index (χ0n) is 10.5. The highest BCUT2D eigenvalue weighted by molar-refractivity contribution is 5.94. The molecule has 0 unspecified atom stereocenters. The number of nitrogens with one attached hydrogen (secondary N) is 1. The van der Waals surface area contributed by atoms with E-state index in [9.17, 15) is 14.0 Å². The van der Waals surface area contributed by atoms with Crippen LogP contribution in [0, 0.1) is 12.7 Å². The lowest BCUT2D eigenvalue weighted by molar-refractivity contribution is -0.142. The number of carbonyl (C=O) groups excluding carboxylic acids is 2. The van der Waals surface area contributed by atoms with Gasteiger partial charge in [-0.2, -0.15) is 0 Å². The summed E-state index contributed by atoms with van der Waals surface area (Å²) in [6.07, 6.45) is 0.0764. The van der Waals surface area contributed by atoms with E-state index in [1.165, 1.54) is 6.07 Å². The average Bonchev–Trinajstić information content (AvgIpc) is 2.33. The zero-order valence-corrected chi connectivity index (χ0v) is 10.5. The molecular weight excluding hydrogens is 237 g/mol. The van der Waals surface area contributed by atoms with Gasteiger partial charge in [-0.3, -0.25) is 9.59 Å². The molecule has 0 radical (unpaired) electrons. The van der Waals surface area contributed by atoms with Gasteiger partial charge >= 0.3 is 5.97 Å². The first-order valence-corrected chi connectivity index (χ1v) is 5.75. The summed E-state index contributed by atoms with van der Waals surface area (Å²) in [7, 11) is 0. The van der Waals surface area contributed by atoms with Gasteiger partial charge in [0.15, 0.2) is 0 Å². The summed E-state index contributed by atoms with van der Waals surface area (Å²) in [5.74, 6) is -1.45. The summed E-state index contributed by atoms with van der Waals surface area (Å²) >= 11 is 0. The summed E-state index contributed by atoms with van der Waals surface area (Å²) in [6.45, 7) is 3.73. The number of benzene rings is 1. The standard InChI is InChI=1S/C13H16FNO3/c1-3-18-11(16)7-8-15-13(17)10-6-4-5-9(2)12(10)14/h4-6H,3,7-8H2,1-2H3,(H,15,17). The van der Waals surface area contributed by atoms with Crippen LogP contribution in [0.5, 0.6) is 0 Å². The fourth-order valence-corrected chi connectivity index (χ4v) is 1.43. The van der Waals surface area contributed by atoms with Crippen LogP contribution >= 0.6 is 0 Å². The summed E-state index contributed by atoms with van der Waals surface area (Å²) in [5.41, 5.74) is 0.395. The number of halogens is 1. The van der Waals surface area contributed by atoms with Gasteiger partial charge in [-0.05, 0) is 25.5 Å². The van der Waals surface area contributed by atoms with Crippen LogP contribution in [0.15, 0.2) is 18.2 Å². The molecule has 0 saturated heterocycles. The summed E-state index contributed by atoms with van der Waals surface area (Å²) in [5, 5.41) is 2.48. The van der Waals surface area contributed by atoms with Crippen molar-refractivity contribution in [3.63, 3.8) is 0 Å². The third-order valence-corrected chi connectivity index (χ3v) is 2.36. The van der Waals surface area contributed by atoms with Gasteiger partial charge in [-0.15, -0.1) is 0 Å². The number of rotatable bonds is 5. The van der Waals surface area contributed by atoms with Crippen molar-refractivity contribution in [2.75, 3.05) is 13.2 Å². The molecule has 0 aromatic heterocycles. The molecule has 0 atom stereocenters. The second-order valence-electron chi connectivity index (χ2n) is 3.75. The highest BCUT2D eigenvalue weighted by Crippen LogP contribution is 2.11. The van der Waals surface area contributed by atoms with Gasteiger partial charge in [0.2, 0.25) is 0 Å². The van der Waals surface area contributed by atoms with Crippen molar-refractivity contribution in [1.82, 2.24) is 5.32 Å². The maximum atomic E-state index is 13.6. The van der Waals surface area contributed by atoms with E-state index in [2.05, 4.69) is 5.32 Å². The van der Waals surface area contributed by atoms with Gasteiger partial charge in [0.25, 0.3) is 5.91 Å². The highest BCUT2D eigenvalue weighted by atomic mass is 19.1. The van der Waals surface area contributed by atoms with Crippen LogP contribution in [0.2, 0.25) is 0 Å². The van der Waals surface area contributed by atoms with E-state index in [1.807, 2.05) is 0 Å². The van der Waals surface area contributed by atoms with Gasteiger partial charge < -0.3 is 10.1 Å². The van der Waals surface area contributed by atoms with Crippen molar-refractivity contribution >= 4 is 11.9 Å². The Labute approximate surface area is 105 Å². The highest BCUT2D eigenvalue weighted by Gasteiger charge is 2.13. The molecule has 0 heterocycles. The van der Waals surface area contributed by atoms with Gasteiger partial charge in [-0.25, -0.2) is 4.39 Å². The Bertz CT molecular complexity index is 446. The van der Waals surface area contributed by atoms with Crippen LogP contribution in [-0.4, -0.2) is 25.0 Å². The van der Waals surface area contributed by atoms with Crippen molar-refractivity contribution < 1.29 is 18.7 Å². The molecular formula is C13H16FNO3. The van der Waals surface area contributed by atoms with Crippen LogP contribution in [0.1, 0.15) is 29.3 Å². The second-order valence-corrected chi connectivity index (χ2v) is 3.75. The zero-order chi connectivity index (χ0) is 13.5. The summed E-state index contributed by atoms with van der Waals surface area (Å²) in [4.78, 5) is 22.7. The topological polar surface area (TPSA) is 55.4 Å². The molecule has 0 aliphatic rings. The van der Waals surface area contributed by atoms with E-state index in [1.54, 1.807) is 26.0 Å². The second kappa shape index (κ2) is 6.74. The molecule has 5 heteroatoms. The van der Waals surface area contributed by atoms with E-state index >= 15 is 0 Å². The molecule has 1 amide bonds. The van der Waals surface area contributed by atoms with Crippen LogP contribution in [-0.2, 0) is 9.53 Å². The fraction of sp³-hybridized carbons (Fsp3) is 0.385. The quantitative estimate of drug-likeness (QED) is 0.814. The molecule has 1 aromatic carbocycles. The van der Waals surface area contributed by atoms with Crippen molar-refractivity contribution in [1.29, 1.82) is 0 Å². The number of amides is 1. The van der Waals surface area contributed by atoms with E-state index in [4.69, 9.17) is 4.74 Å². The largest absolute Gasteiger partial charge is 0.466 e. The number of hydrogen-bond acceptors (Lipinski definition) is 3. The minimum absolute atomic E-state index is 0.0149. The van der Waals surface area contributed by atoms with Crippen molar-refractivity contribution in [3.05, 3.63) is 35.1 Å². The smallest absolute Gasteiger partial charge is 0.307 e. The Morgan fingerprint density at radius 3 is 2.78 bits per heavy atom. The van der Waals surface area contributed by atoms with E-state index < -0.39 is 11.7 Å². The lowest BCUT2D eigenvalue weighted by Gasteiger charge is -2.07. The van der Waals surface area contributed by atoms with Crippen molar-refractivity contribution in [2.45, 2.75) is 20.3 Å². The van der Waals surface area contributed by atoms with Crippen LogP contribution in [0.4, 0.5) is 4.39 Å². The van der Waals surface area contributed by atoms with Crippen molar-refractivity contribution in [3.8, 4) is 0 Å². The SMILES string of the molecule is CCOC(=O)CCNC(=O)c1cccc(C)c1F. The molecule has 0 spiro atoms. The number of esters is 1. The minimum Gasteiger partial charge on any atom is -0.466 e. The molecule has 0 aliphatic carbocycles. The van der Waals surface area contributed by atoms with Crippen LogP contribution in [0.3, 0.4) is 0 Å². The predicted octanol–water partition coefficient (Wildman–Crippen LogP) is 1.82. The third-order valence-electron chi connectivity index (χ3n) is 2.36.